The average Bonchev–Trinajstić information content (AvgIpc) is 3.13. The van der Waals surface area contributed by atoms with Crippen molar-refractivity contribution < 1.29 is 4.79 Å². The Morgan fingerprint density at radius 1 is 1.07 bits per heavy atom. The van der Waals surface area contributed by atoms with Crippen LogP contribution in [0.2, 0.25) is 0 Å². The van der Waals surface area contributed by atoms with Crippen LogP contribution in [-0.2, 0) is 6.54 Å². The van der Waals surface area contributed by atoms with E-state index in [1.165, 1.54) is 16.6 Å². The van der Waals surface area contributed by atoms with Crippen molar-refractivity contribution in [2.75, 3.05) is 0 Å². The van der Waals surface area contributed by atoms with Gasteiger partial charge < -0.3 is 5.73 Å². The number of carbonyl (C=O) groups is 1. The highest BCUT2D eigenvalue weighted by molar-refractivity contribution is 5.88. The molecule has 0 radical (unpaired) electrons. The Balaban J connectivity index is 0.000000244. The maximum absolute atomic E-state index is 10.9. The molecule has 1 amide bonds. The number of benzene rings is 2. The van der Waals surface area contributed by atoms with Gasteiger partial charge in [0.25, 0.3) is 5.91 Å². The molecule has 134 valence electrons. The number of nitriles is 2. The molecule has 0 atom stereocenters. The summed E-state index contributed by atoms with van der Waals surface area (Å²) in [6.07, 6.45) is 1.46. The highest BCUT2D eigenvalue weighted by atomic mass is 16.1. The lowest BCUT2D eigenvalue weighted by Gasteiger charge is -2.05. The molecule has 0 fully saturated rings. The molecule has 1 heterocycles. The molecule has 7 heteroatoms. The van der Waals surface area contributed by atoms with Crippen LogP contribution in [0.3, 0.4) is 0 Å². The van der Waals surface area contributed by atoms with Gasteiger partial charge in [-0.1, -0.05) is 23.8 Å². The van der Waals surface area contributed by atoms with Crippen LogP contribution in [-0.4, -0.2) is 20.7 Å². The van der Waals surface area contributed by atoms with E-state index in [4.69, 9.17) is 16.3 Å². The number of hydrogen-bond acceptors (Lipinski definition) is 5. The van der Waals surface area contributed by atoms with Crippen molar-refractivity contribution in [2.24, 2.45) is 5.73 Å². The molecule has 3 aromatic rings. The first-order chi connectivity index (χ1) is 12.9. The second-order valence-corrected chi connectivity index (χ2v) is 5.86. The van der Waals surface area contributed by atoms with Gasteiger partial charge in [-0.05, 0) is 49.2 Å². The molecule has 2 N–H and O–H groups in total. The van der Waals surface area contributed by atoms with Crippen LogP contribution in [0.25, 0.3) is 0 Å². The number of primary amides is 1. The Kier molecular flexibility index (Phi) is 6.40. The minimum Gasteiger partial charge on any atom is -0.363 e. The van der Waals surface area contributed by atoms with Crippen molar-refractivity contribution in [3.05, 3.63) is 82.4 Å². The van der Waals surface area contributed by atoms with Crippen molar-refractivity contribution in [1.82, 2.24) is 14.8 Å². The Hall–Kier alpha value is -3.97. The van der Waals surface area contributed by atoms with Crippen molar-refractivity contribution in [2.45, 2.75) is 20.4 Å². The molecule has 27 heavy (non-hydrogen) atoms. The van der Waals surface area contributed by atoms with Crippen LogP contribution in [0.4, 0.5) is 0 Å². The lowest BCUT2D eigenvalue weighted by Crippen LogP contribution is -2.14. The third kappa shape index (κ3) is 5.52. The van der Waals surface area contributed by atoms with E-state index >= 15 is 0 Å². The van der Waals surface area contributed by atoms with E-state index in [-0.39, 0.29) is 5.82 Å². The number of hydrogen-bond donors (Lipinski definition) is 1. The molecule has 0 spiro atoms. The summed E-state index contributed by atoms with van der Waals surface area (Å²) in [5, 5.41) is 21.1. The van der Waals surface area contributed by atoms with Gasteiger partial charge in [-0.15, -0.1) is 5.10 Å². The summed E-state index contributed by atoms with van der Waals surface area (Å²) in [6, 6.07) is 17.0. The summed E-state index contributed by atoms with van der Waals surface area (Å²) in [5.74, 6) is -0.647. The van der Waals surface area contributed by atoms with E-state index in [2.05, 4.69) is 22.2 Å². The van der Waals surface area contributed by atoms with Crippen molar-refractivity contribution >= 4 is 5.91 Å². The largest absolute Gasteiger partial charge is 0.363 e. The maximum Gasteiger partial charge on any atom is 0.288 e. The van der Waals surface area contributed by atoms with Gasteiger partial charge in [0.1, 0.15) is 6.33 Å². The van der Waals surface area contributed by atoms with E-state index in [1.54, 1.807) is 12.1 Å². The van der Waals surface area contributed by atoms with Crippen LogP contribution < -0.4 is 5.73 Å². The third-order valence-corrected chi connectivity index (χ3v) is 3.74. The quantitative estimate of drug-likeness (QED) is 0.771. The lowest BCUT2D eigenvalue weighted by molar-refractivity contribution is 0.0990. The predicted octanol–water partition coefficient (Wildman–Crippen LogP) is 2.47. The summed E-state index contributed by atoms with van der Waals surface area (Å²) in [6.45, 7) is 4.40. The molecule has 0 bridgehead atoms. The highest BCUT2D eigenvalue weighted by Gasteiger charge is 2.08. The van der Waals surface area contributed by atoms with E-state index in [0.29, 0.717) is 12.1 Å². The number of nitrogens with zero attached hydrogens (tertiary/aromatic N) is 5. The van der Waals surface area contributed by atoms with E-state index in [0.717, 1.165) is 16.7 Å². The van der Waals surface area contributed by atoms with Gasteiger partial charge in [-0.2, -0.15) is 10.5 Å². The highest BCUT2D eigenvalue weighted by Crippen LogP contribution is 2.11. The van der Waals surface area contributed by atoms with Gasteiger partial charge in [0.15, 0.2) is 0 Å². The zero-order valence-corrected chi connectivity index (χ0v) is 15.0. The minimum atomic E-state index is -0.648. The van der Waals surface area contributed by atoms with Crippen LogP contribution >= 0.6 is 0 Å². The van der Waals surface area contributed by atoms with Crippen molar-refractivity contribution in [1.29, 1.82) is 10.5 Å². The third-order valence-electron chi connectivity index (χ3n) is 3.74. The minimum absolute atomic E-state index is 0.00120. The molecule has 0 unspecified atom stereocenters. The van der Waals surface area contributed by atoms with Gasteiger partial charge in [-0.3, -0.25) is 4.79 Å². The number of nitrogens with two attached hydrogens (primary N) is 1. The summed E-state index contributed by atoms with van der Waals surface area (Å²) < 4.78 is 1.54. The first-order valence-electron chi connectivity index (χ1n) is 8.08. The van der Waals surface area contributed by atoms with E-state index in [1.807, 2.05) is 44.2 Å². The average molecular weight is 358 g/mol. The molecule has 7 nitrogen and oxygen atoms in total. The molecule has 3 rings (SSSR count). The van der Waals surface area contributed by atoms with Gasteiger partial charge in [-0.25, -0.2) is 9.67 Å². The normalized spacial score (nSPS) is 9.48. The molecule has 1 aromatic heterocycles. The smallest absolute Gasteiger partial charge is 0.288 e. The second-order valence-electron chi connectivity index (χ2n) is 5.86. The summed E-state index contributed by atoms with van der Waals surface area (Å²) >= 11 is 0. The molecular formula is C20H18N6O. The topological polar surface area (TPSA) is 121 Å². The SMILES string of the molecule is Cc1cc(C#N)ccc1Cn1cnc(C(N)=O)n1.Cc1ccc(C#N)cc1. The molecule has 0 aliphatic carbocycles. The van der Waals surface area contributed by atoms with E-state index in [9.17, 15) is 4.79 Å². The van der Waals surface area contributed by atoms with Gasteiger partial charge in [0.2, 0.25) is 5.82 Å². The second kappa shape index (κ2) is 8.93. The van der Waals surface area contributed by atoms with Crippen LogP contribution in [0.1, 0.15) is 38.4 Å². The molecule has 0 aliphatic heterocycles. The van der Waals surface area contributed by atoms with Crippen LogP contribution in [0, 0.1) is 36.5 Å². The standard InChI is InChI=1S/C12H11N5O.C8H7N/c1-8-4-9(5-13)2-3-10(8)6-17-7-15-12(16-17)11(14)18;1-7-2-4-8(6-9)5-3-7/h2-4,7H,6H2,1H3,(H2,14,18);2-5H,1H3. The first kappa shape index (κ1) is 19.4. The number of rotatable bonds is 3. The Bertz CT molecular complexity index is 1020. The zero-order valence-electron chi connectivity index (χ0n) is 15.0. The molecule has 0 saturated carbocycles. The monoisotopic (exact) mass is 358 g/mol. The van der Waals surface area contributed by atoms with Crippen LogP contribution in [0.15, 0.2) is 48.8 Å². The predicted molar refractivity (Wildman–Crippen MR) is 99.4 cm³/mol. The summed E-state index contributed by atoms with van der Waals surface area (Å²) in [4.78, 5) is 14.7. The summed E-state index contributed by atoms with van der Waals surface area (Å²) in [5.41, 5.74) is 9.60. The van der Waals surface area contributed by atoms with Crippen LogP contribution in [0.5, 0.6) is 0 Å². The fourth-order valence-electron chi connectivity index (χ4n) is 2.23. The molecule has 2 aromatic carbocycles. The Morgan fingerprint density at radius 3 is 2.22 bits per heavy atom. The lowest BCUT2D eigenvalue weighted by atomic mass is 10.1. The maximum atomic E-state index is 10.9. The van der Waals surface area contributed by atoms with Crippen molar-refractivity contribution in [3.63, 3.8) is 0 Å². The number of aryl methyl sites for hydroxylation is 2. The van der Waals surface area contributed by atoms with E-state index < -0.39 is 5.91 Å². The van der Waals surface area contributed by atoms with Gasteiger partial charge in [0.05, 0.1) is 29.8 Å². The Morgan fingerprint density at radius 2 is 1.70 bits per heavy atom. The van der Waals surface area contributed by atoms with Gasteiger partial charge >= 0.3 is 0 Å². The van der Waals surface area contributed by atoms with Crippen molar-refractivity contribution in [3.8, 4) is 12.1 Å². The number of amides is 1. The number of carbonyl (C=O) groups excluding carboxylic acids is 1. The zero-order chi connectivity index (χ0) is 19.8. The van der Waals surface area contributed by atoms with Gasteiger partial charge in [0, 0.05) is 0 Å². The first-order valence-corrected chi connectivity index (χ1v) is 8.08. The Labute approximate surface area is 157 Å². The molecular weight excluding hydrogens is 340 g/mol. The molecule has 0 aliphatic rings. The summed E-state index contributed by atoms with van der Waals surface area (Å²) in [7, 11) is 0. The fraction of sp³-hybridized carbons (Fsp3) is 0.150. The molecule has 0 saturated heterocycles. The fourth-order valence-corrected chi connectivity index (χ4v) is 2.23. The number of aromatic nitrogens is 3.